The molecule has 1 rings (SSSR count). The Balaban J connectivity index is 2.49. The Morgan fingerprint density at radius 1 is 1.29 bits per heavy atom. The molecule has 0 amide bonds. The van der Waals surface area contributed by atoms with Crippen LogP contribution in [0.3, 0.4) is 0 Å². The van der Waals surface area contributed by atoms with E-state index in [9.17, 15) is 18.0 Å². The first-order valence-electron chi connectivity index (χ1n) is 6.52. The molecule has 3 nitrogen and oxygen atoms in total. The minimum atomic E-state index is -4.31. The van der Waals surface area contributed by atoms with Gasteiger partial charge in [0.2, 0.25) is 0 Å². The number of ether oxygens (including phenoxy) is 1. The number of benzene rings is 1. The van der Waals surface area contributed by atoms with Gasteiger partial charge in [-0.3, -0.25) is 0 Å². The Bertz CT molecular complexity index is 493. The van der Waals surface area contributed by atoms with E-state index in [2.05, 4.69) is 10.1 Å². The molecule has 0 aliphatic heterocycles. The molecule has 0 atom stereocenters. The zero-order chi connectivity index (χ0) is 15.9. The summed E-state index contributed by atoms with van der Waals surface area (Å²) in [6.07, 6.45) is -2.03. The molecule has 0 spiro atoms. The van der Waals surface area contributed by atoms with Crippen molar-refractivity contribution in [2.75, 3.05) is 13.7 Å². The van der Waals surface area contributed by atoms with Gasteiger partial charge < -0.3 is 10.1 Å². The maximum atomic E-state index is 12.4. The van der Waals surface area contributed by atoms with Crippen LogP contribution < -0.4 is 5.32 Å². The van der Waals surface area contributed by atoms with Crippen molar-refractivity contribution in [3.63, 3.8) is 0 Å². The molecule has 0 aliphatic carbocycles. The van der Waals surface area contributed by atoms with Crippen LogP contribution in [0.4, 0.5) is 13.2 Å². The Labute approximate surface area is 121 Å². The fourth-order valence-electron chi connectivity index (χ4n) is 1.73. The van der Waals surface area contributed by atoms with E-state index in [1.165, 1.54) is 19.2 Å². The summed E-state index contributed by atoms with van der Waals surface area (Å²) < 4.78 is 41.8. The number of hydrogen-bond donors (Lipinski definition) is 1. The van der Waals surface area contributed by atoms with Gasteiger partial charge in [-0.15, -0.1) is 0 Å². The van der Waals surface area contributed by atoms with Crippen LogP contribution in [0.25, 0.3) is 0 Å². The van der Waals surface area contributed by atoms with E-state index in [0.717, 1.165) is 17.7 Å². The topological polar surface area (TPSA) is 38.3 Å². The van der Waals surface area contributed by atoms with Crippen LogP contribution in [-0.4, -0.2) is 19.6 Å². The lowest BCUT2D eigenvalue weighted by atomic mass is 10.1. The normalized spacial score (nSPS) is 12.3. The van der Waals surface area contributed by atoms with Gasteiger partial charge in [0.15, 0.2) is 0 Å². The Kier molecular flexibility index (Phi) is 6.42. The number of nitrogens with one attached hydrogen (secondary N) is 1. The van der Waals surface area contributed by atoms with Crippen LogP contribution in [0.1, 0.15) is 24.5 Å². The fraction of sp³-hybridized carbons (Fsp3) is 0.400. The molecule has 116 valence electrons. The van der Waals surface area contributed by atoms with Gasteiger partial charge in [-0.05, 0) is 24.1 Å². The minimum absolute atomic E-state index is 0.367. The zero-order valence-corrected chi connectivity index (χ0v) is 12.0. The first-order valence-corrected chi connectivity index (χ1v) is 6.52. The summed E-state index contributed by atoms with van der Waals surface area (Å²) >= 11 is 0. The third-order valence-corrected chi connectivity index (χ3v) is 2.93. The van der Waals surface area contributed by atoms with Crippen molar-refractivity contribution < 1.29 is 22.7 Å². The second kappa shape index (κ2) is 7.83. The van der Waals surface area contributed by atoms with Crippen LogP contribution >= 0.6 is 0 Å². The van der Waals surface area contributed by atoms with Crippen molar-refractivity contribution >= 4 is 5.97 Å². The van der Waals surface area contributed by atoms with E-state index in [4.69, 9.17) is 0 Å². The lowest BCUT2D eigenvalue weighted by Crippen LogP contribution is -2.15. The highest BCUT2D eigenvalue weighted by molar-refractivity contribution is 5.88. The molecule has 0 heterocycles. The molecular weight excluding hydrogens is 283 g/mol. The molecule has 6 heteroatoms. The number of alkyl halides is 3. The van der Waals surface area contributed by atoms with Crippen molar-refractivity contribution in [2.24, 2.45) is 0 Å². The van der Waals surface area contributed by atoms with Gasteiger partial charge in [-0.1, -0.05) is 25.1 Å². The fourth-order valence-corrected chi connectivity index (χ4v) is 1.73. The van der Waals surface area contributed by atoms with E-state index in [1.54, 1.807) is 6.08 Å². The molecule has 0 unspecified atom stereocenters. The van der Waals surface area contributed by atoms with Gasteiger partial charge in [0, 0.05) is 18.7 Å². The van der Waals surface area contributed by atoms with E-state index < -0.39 is 11.7 Å². The third kappa shape index (κ3) is 5.59. The summed E-state index contributed by atoms with van der Waals surface area (Å²) in [5.41, 5.74) is 0.648. The molecule has 0 fully saturated rings. The summed E-state index contributed by atoms with van der Waals surface area (Å²) in [6, 6.07) is 4.97. The molecule has 1 N–H and O–H groups in total. The Morgan fingerprint density at radius 2 is 1.90 bits per heavy atom. The molecule has 0 bridgehead atoms. The monoisotopic (exact) mass is 301 g/mol. The molecule has 0 radical (unpaired) electrons. The van der Waals surface area contributed by atoms with Crippen molar-refractivity contribution in [1.29, 1.82) is 0 Å². The number of hydrogen-bond acceptors (Lipinski definition) is 3. The molecule has 1 aromatic rings. The average molecular weight is 301 g/mol. The molecule has 0 saturated carbocycles. The second-order valence-electron chi connectivity index (χ2n) is 4.40. The van der Waals surface area contributed by atoms with E-state index >= 15 is 0 Å². The summed E-state index contributed by atoms with van der Waals surface area (Å²) in [5.74, 6) is -0.367. The third-order valence-electron chi connectivity index (χ3n) is 2.93. The smallest absolute Gasteiger partial charge is 0.416 e. The molecule has 1 aromatic carbocycles. The number of esters is 1. The van der Waals surface area contributed by atoms with Crippen LogP contribution in [0, 0.1) is 0 Å². The van der Waals surface area contributed by atoms with Crippen molar-refractivity contribution in [3.8, 4) is 0 Å². The number of rotatable bonds is 6. The number of methoxy groups -OCH3 is 1. The highest BCUT2D eigenvalue weighted by Crippen LogP contribution is 2.28. The summed E-state index contributed by atoms with van der Waals surface area (Å²) in [7, 11) is 1.32. The van der Waals surface area contributed by atoms with E-state index in [-0.39, 0.29) is 5.97 Å². The predicted molar refractivity (Wildman–Crippen MR) is 73.5 cm³/mol. The largest absolute Gasteiger partial charge is 0.466 e. The van der Waals surface area contributed by atoms with Crippen LogP contribution in [0.2, 0.25) is 0 Å². The molecule has 0 aromatic heterocycles. The van der Waals surface area contributed by atoms with Gasteiger partial charge in [-0.2, -0.15) is 13.2 Å². The summed E-state index contributed by atoms with van der Waals surface area (Å²) in [5, 5.41) is 3.04. The first-order chi connectivity index (χ1) is 9.88. The number of halogens is 3. The molecule has 0 saturated heterocycles. The minimum Gasteiger partial charge on any atom is -0.466 e. The lowest BCUT2D eigenvalue weighted by Gasteiger charge is -2.08. The highest BCUT2D eigenvalue weighted by atomic mass is 19.4. The second-order valence-corrected chi connectivity index (χ2v) is 4.40. The first kappa shape index (κ1) is 17.2. The summed E-state index contributed by atoms with van der Waals surface area (Å²) in [6.45, 7) is 2.71. The lowest BCUT2D eigenvalue weighted by molar-refractivity contribution is -0.138. The van der Waals surface area contributed by atoms with Crippen molar-refractivity contribution in [2.45, 2.75) is 26.1 Å². The molecule has 0 aliphatic rings. The van der Waals surface area contributed by atoms with Crippen molar-refractivity contribution in [1.82, 2.24) is 5.32 Å². The Morgan fingerprint density at radius 3 is 2.38 bits per heavy atom. The van der Waals surface area contributed by atoms with Crippen LogP contribution in [-0.2, 0) is 22.3 Å². The standard InChI is InChI=1S/C15H18F3NO2/c1-3-12(14(20)21-2)8-9-19-10-11-4-6-13(7-5-11)15(16,17)18/h4-8,19H,3,9-10H2,1-2H3/b12-8-. The Hall–Kier alpha value is -1.82. The van der Waals surface area contributed by atoms with E-state index in [0.29, 0.717) is 25.1 Å². The maximum Gasteiger partial charge on any atom is 0.416 e. The van der Waals surface area contributed by atoms with E-state index in [1.807, 2.05) is 6.92 Å². The zero-order valence-electron chi connectivity index (χ0n) is 12.0. The van der Waals surface area contributed by atoms with Gasteiger partial charge >= 0.3 is 12.1 Å². The van der Waals surface area contributed by atoms with Crippen LogP contribution in [0.15, 0.2) is 35.9 Å². The van der Waals surface area contributed by atoms with Gasteiger partial charge in [-0.25, -0.2) is 4.79 Å². The van der Waals surface area contributed by atoms with Gasteiger partial charge in [0.05, 0.1) is 12.7 Å². The molecular formula is C15H18F3NO2. The average Bonchev–Trinajstić information content (AvgIpc) is 2.46. The highest BCUT2D eigenvalue weighted by Gasteiger charge is 2.29. The van der Waals surface area contributed by atoms with Crippen molar-refractivity contribution in [3.05, 3.63) is 47.0 Å². The van der Waals surface area contributed by atoms with Gasteiger partial charge in [0.1, 0.15) is 0 Å². The van der Waals surface area contributed by atoms with Gasteiger partial charge in [0.25, 0.3) is 0 Å². The number of carbonyl (C=O) groups is 1. The summed E-state index contributed by atoms with van der Waals surface area (Å²) in [4.78, 5) is 11.3. The number of carbonyl (C=O) groups excluding carboxylic acids is 1. The quantitative estimate of drug-likeness (QED) is 0.498. The SMILES string of the molecule is CC/C(=C/CNCc1ccc(C(F)(F)F)cc1)C(=O)OC. The van der Waals surface area contributed by atoms with Crippen LogP contribution in [0.5, 0.6) is 0 Å². The predicted octanol–water partition coefficient (Wildman–Crippen LogP) is 3.30. The molecule has 21 heavy (non-hydrogen) atoms. The maximum absolute atomic E-state index is 12.4.